The van der Waals surface area contributed by atoms with E-state index in [2.05, 4.69) is 5.32 Å². The molecule has 0 aliphatic rings. The molecule has 0 unspecified atom stereocenters. The van der Waals surface area contributed by atoms with Crippen molar-refractivity contribution in [1.29, 1.82) is 0 Å². The normalized spacial score (nSPS) is 11.2. The van der Waals surface area contributed by atoms with Gasteiger partial charge in [-0.15, -0.1) is 0 Å². The predicted octanol–water partition coefficient (Wildman–Crippen LogP) is 2.04. The van der Waals surface area contributed by atoms with Gasteiger partial charge < -0.3 is 11.1 Å². The lowest BCUT2D eigenvalue weighted by molar-refractivity contribution is 0.0137. The van der Waals surface area contributed by atoms with Crippen LogP contribution in [0.2, 0.25) is 0 Å². The SMILES string of the molecule is CC(F)(F)CCNC(=O)c1ccccc1N. The quantitative estimate of drug-likeness (QED) is 0.775. The number of carbonyl (C=O) groups excluding carboxylic acids is 1. The fourth-order valence-corrected chi connectivity index (χ4v) is 1.19. The maximum atomic E-state index is 12.5. The second kappa shape index (κ2) is 4.92. The van der Waals surface area contributed by atoms with Crippen LogP contribution >= 0.6 is 0 Å². The Morgan fingerprint density at radius 1 is 1.44 bits per heavy atom. The van der Waals surface area contributed by atoms with Crippen molar-refractivity contribution in [1.82, 2.24) is 5.32 Å². The van der Waals surface area contributed by atoms with Gasteiger partial charge in [0.1, 0.15) is 0 Å². The molecule has 0 atom stereocenters. The molecule has 1 aromatic carbocycles. The minimum absolute atomic E-state index is 0.0728. The van der Waals surface area contributed by atoms with Gasteiger partial charge in [-0.2, -0.15) is 0 Å². The molecule has 1 rings (SSSR count). The van der Waals surface area contributed by atoms with Gasteiger partial charge in [-0.25, -0.2) is 8.78 Å². The highest BCUT2D eigenvalue weighted by atomic mass is 19.3. The lowest BCUT2D eigenvalue weighted by Crippen LogP contribution is -2.28. The number of nitrogens with one attached hydrogen (secondary N) is 1. The van der Waals surface area contributed by atoms with Crippen LogP contribution in [0.25, 0.3) is 0 Å². The van der Waals surface area contributed by atoms with Gasteiger partial charge in [0.05, 0.1) is 5.56 Å². The molecule has 88 valence electrons. The van der Waals surface area contributed by atoms with E-state index in [9.17, 15) is 13.6 Å². The Morgan fingerprint density at radius 2 is 2.06 bits per heavy atom. The lowest BCUT2D eigenvalue weighted by Gasteiger charge is -2.11. The Morgan fingerprint density at radius 3 is 2.62 bits per heavy atom. The number of amides is 1. The van der Waals surface area contributed by atoms with E-state index in [1.54, 1.807) is 24.3 Å². The summed E-state index contributed by atoms with van der Waals surface area (Å²) in [4.78, 5) is 11.5. The summed E-state index contributed by atoms with van der Waals surface area (Å²) < 4.78 is 25.0. The summed E-state index contributed by atoms with van der Waals surface area (Å²) >= 11 is 0. The number of nitrogen functional groups attached to an aromatic ring is 1. The Hall–Kier alpha value is -1.65. The molecule has 3 N–H and O–H groups in total. The van der Waals surface area contributed by atoms with Gasteiger partial charge in [0.15, 0.2) is 0 Å². The van der Waals surface area contributed by atoms with Crippen LogP contribution in [0.4, 0.5) is 14.5 Å². The first-order valence-corrected chi connectivity index (χ1v) is 4.91. The number of anilines is 1. The van der Waals surface area contributed by atoms with E-state index in [4.69, 9.17) is 5.73 Å². The second-order valence-corrected chi connectivity index (χ2v) is 3.66. The van der Waals surface area contributed by atoms with Crippen LogP contribution in [0.1, 0.15) is 23.7 Å². The number of rotatable bonds is 4. The minimum Gasteiger partial charge on any atom is -0.398 e. The van der Waals surface area contributed by atoms with E-state index in [1.807, 2.05) is 0 Å². The number of para-hydroxylation sites is 1. The maximum Gasteiger partial charge on any atom is 0.253 e. The number of alkyl halides is 2. The molecule has 0 radical (unpaired) electrons. The number of hydrogen-bond donors (Lipinski definition) is 2. The number of halogens is 2. The minimum atomic E-state index is -2.77. The Kier molecular flexibility index (Phi) is 3.82. The molecule has 0 aromatic heterocycles. The summed E-state index contributed by atoms with van der Waals surface area (Å²) in [5.74, 6) is -3.20. The molecule has 0 heterocycles. The molecule has 0 saturated heterocycles. The zero-order valence-corrected chi connectivity index (χ0v) is 8.97. The third-order valence-electron chi connectivity index (χ3n) is 2.05. The summed E-state index contributed by atoms with van der Waals surface area (Å²) in [6.07, 6.45) is -0.383. The topological polar surface area (TPSA) is 55.1 Å². The van der Waals surface area contributed by atoms with Crippen molar-refractivity contribution in [2.24, 2.45) is 0 Å². The monoisotopic (exact) mass is 228 g/mol. The average Bonchev–Trinajstić information content (AvgIpc) is 2.16. The number of hydrogen-bond acceptors (Lipinski definition) is 2. The Labute approximate surface area is 92.6 Å². The molecule has 0 bridgehead atoms. The molecular weight excluding hydrogens is 214 g/mol. The summed E-state index contributed by atoms with van der Waals surface area (Å²) in [5.41, 5.74) is 6.21. The Bertz CT molecular complexity index is 374. The largest absolute Gasteiger partial charge is 0.398 e. The standard InChI is InChI=1S/C11H14F2N2O/c1-11(12,13)6-7-15-10(16)8-4-2-3-5-9(8)14/h2-5H,6-7,14H2,1H3,(H,15,16). The Balaban J connectivity index is 2.51. The molecule has 0 aliphatic heterocycles. The van der Waals surface area contributed by atoms with Crippen molar-refractivity contribution >= 4 is 11.6 Å². The number of benzene rings is 1. The van der Waals surface area contributed by atoms with Crippen molar-refractivity contribution in [2.45, 2.75) is 19.3 Å². The lowest BCUT2D eigenvalue weighted by atomic mass is 10.1. The fraction of sp³-hybridized carbons (Fsp3) is 0.364. The van der Waals surface area contributed by atoms with Crippen molar-refractivity contribution in [2.75, 3.05) is 12.3 Å². The van der Waals surface area contributed by atoms with Crippen LogP contribution in [-0.2, 0) is 0 Å². The molecule has 5 heteroatoms. The van der Waals surface area contributed by atoms with Crippen LogP contribution < -0.4 is 11.1 Å². The van der Waals surface area contributed by atoms with Crippen molar-refractivity contribution in [3.8, 4) is 0 Å². The molecule has 0 fully saturated rings. The van der Waals surface area contributed by atoms with Gasteiger partial charge in [-0.3, -0.25) is 4.79 Å². The van der Waals surface area contributed by atoms with Gasteiger partial charge in [0.25, 0.3) is 5.91 Å². The zero-order valence-electron chi connectivity index (χ0n) is 8.97. The summed E-state index contributed by atoms with van der Waals surface area (Å²) in [6.45, 7) is 0.743. The molecule has 0 spiro atoms. The summed E-state index contributed by atoms with van der Waals surface area (Å²) in [7, 11) is 0. The first-order valence-electron chi connectivity index (χ1n) is 4.91. The molecule has 0 saturated carbocycles. The third-order valence-corrected chi connectivity index (χ3v) is 2.05. The number of carbonyl (C=O) groups is 1. The van der Waals surface area contributed by atoms with Crippen LogP contribution in [-0.4, -0.2) is 18.4 Å². The van der Waals surface area contributed by atoms with Gasteiger partial charge in [0, 0.05) is 18.7 Å². The highest BCUT2D eigenvalue weighted by molar-refractivity contribution is 5.98. The third kappa shape index (κ3) is 3.84. The summed E-state index contributed by atoms with van der Waals surface area (Å²) in [6, 6.07) is 6.50. The molecule has 1 amide bonds. The van der Waals surface area contributed by atoms with Crippen molar-refractivity contribution in [3.05, 3.63) is 29.8 Å². The van der Waals surface area contributed by atoms with E-state index >= 15 is 0 Å². The van der Waals surface area contributed by atoms with Crippen LogP contribution in [0.3, 0.4) is 0 Å². The van der Waals surface area contributed by atoms with Gasteiger partial charge >= 0.3 is 0 Å². The zero-order chi connectivity index (χ0) is 12.2. The molecule has 1 aromatic rings. The van der Waals surface area contributed by atoms with E-state index in [1.165, 1.54) is 0 Å². The average molecular weight is 228 g/mol. The first-order chi connectivity index (χ1) is 7.40. The molecular formula is C11H14F2N2O. The van der Waals surface area contributed by atoms with E-state index in [0.29, 0.717) is 11.3 Å². The van der Waals surface area contributed by atoms with Crippen LogP contribution in [0, 0.1) is 0 Å². The van der Waals surface area contributed by atoms with Crippen LogP contribution in [0.5, 0.6) is 0 Å². The number of nitrogens with two attached hydrogens (primary N) is 1. The van der Waals surface area contributed by atoms with Crippen molar-refractivity contribution < 1.29 is 13.6 Å². The fourth-order valence-electron chi connectivity index (χ4n) is 1.19. The molecule has 3 nitrogen and oxygen atoms in total. The second-order valence-electron chi connectivity index (χ2n) is 3.66. The van der Waals surface area contributed by atoms with Gasteiger partial charge in [-0.05, 0) is 19.1 Å². The van der Waals surface area contributed by atoms with Crippen LogP contribution in [0.15, 0.2) is 24.3 Å². The first kappa shape index (κ1) is 12.4. The van der Waals surface area contributed by atoms with Gasteiger partial charge in [0.2, 0.25) is 5.92 Å². The van der Waals surface area contributed by atoms with Gasteiger partial charge in [-0.1, -0.05) is 12.1 Å². The van der Waals surface area contributed by atoms with Crippen molar-refractivity contribution in [3.63, 3.8) is 0 Å². The molecule has 16 heavy (non-hydrogen) atoms. The molecule has 0 aliphatic carbocycles. The maximum absolute atomic E-state index is 12.5. The summed E-state index contributed by atoms with van der Waals surface area (Å²) in [5, 5.41) is 2.40. The van der Waals surface area contributed by atoms with E-state index < -0.39 is 11.8 Å². The highest BCUT2D eigenvalue weighted by Gasteiger charge is 2.20. The van der Waals surface area contributed by atoms with E-state index in [0.717, 1.165) is 6.92 Å². The van der Waals surface area contributed by atoms with E-state index in [-0.39, 0.29) is 13.0 Å². The predicted molar refractivity (Wildman–Crippen MR) is 58.4 cm³/mol. The smallest absolute Gasteiger partial charge is 0.253 e. The highest BCUT2D eigenvalue weighted by Crippen LogP contribution is 2.15.